The van der Waals surface area contributed by atoms with Crippen LogP contribution in [0.4, 0.5) is 0 Å². The highest BCUT2D eigenvalue weighted by molar-refractivity contribution is 7.81. The molecule has 0 radical (unpaired) electrons. The SMILES string of the molecule is CC(C)C(S)C(=O)NCC1CCC1. The van der Waals surface area contributed by atoms with Crippen LogP contribution in [-0.2, 0) is 4.79 Å². The maximum atomic E-state index is 11.4. The number of amides is 1. The Kier molecular flexibility index (Phi) is 4.10. The Morgan fingerprint density at radius 1 is 1.54 bits per heavy atom. The minimum atomic E-state index is -0.153. The predicted octanol–water partition coefficient (Wildman–Crippen LogP) is 1.86. The lowest BCUT2D eigenvalue weighted by molar-refractivity contribution is -0.121. The molecule has 1 saturated carbocycles. The summed E-state index contributed by atoms with van der Waals surface area (Å²) in [5, 5.41) is 2.80. The summed E-state index contributed by atoms with van der Waals surface area (Å²) < 4.78 is 0. The van der Waals surface area contributed by atoms with Gasteiger partial charge in [0.1, 0.15) is 0 Å². The third-order valence-corrected chi connectivity index (χ3v) is 3.52. The second kappa shape index (κ2) is 4.89. The van der Waals surface area contributed by atoms with Crippen LogP contribution in [-0.4, -0.2) is 17.7 Å². The van der Waals surface area contributed by atoms with Crippen molar-refractivity contribution < 1.29 is 4.79 Å². The minimum absolute atomic E-state index is 0.0882. The van der Waals surface area contributed by atoms with Crippen LogP contribution in [0.5, 0.6) is 0 Å². The first-order valence-electron chi connectivity index (χ1n) is 5.07. The molecule has 0 aromatic heterocycles. The van der Waals surface area contributed by atoms with Crippen LogP contribution in [0.2, 0.25) is 0 Å². The van der Waals surface area contributed by atoms with Crippen LogP contribution in [0.25, 0.3) is 0 Å². The molecule has 76 valence electrons. The summed E-state index contributed by atoms with van der Waals surface area (Å²) in [7, 11) is 0. The molecule has 0 spiro atoms. The number of rotatable bonds is 4. The van der Waals surface area contributed by atoms with Crippen molar-refractivity contribution in [2.24, 2.45) is 11.8 Å². The first kappa shape index (κ1) is 10.9. The van der Waals surface area contributed by atoms with Gasteiger partial charge in [0.2, 0.25) is 5.91 Å². The zero-order valence-corrected chi connectivity index (χ0v) is 9.31. The molecule has 1 rings (SSSR count). The highest BCUT2D eigenvalue weighted by atomic mass is 32.1. The Labute approximate surface area is 85.9 Å². The van der Waals surface area contributed by atoms with Gasteiger partial charge in [-0.3, -0.25) is 4.79 Å². The van der Waals surface area contributed by atoms with Crippen LogP contribution in [0.15, 0.2) is 0 Å². The van der Waals surface area contributed by atoms with E-state index in [-0.39, 0.29) is 11.2 Å². The van der Waals surface area contributed by atoms with E-state index in [1.54, 1.807) is 0 Å². The maximum absolute atomic E-state index is 11.4. The number of thiol groups is 1. The third-order valence-electron chi connectivity index (χ3n) is 2.69. The lowest BCUT2D eigenvalue weighted by Gasteiger charge is -2.26. The lowest BCUT2D eigenvalue weighted by atomic mass is 9.85. The maximum Gasteiger partial charge on any atom is 0.233 e. The summed E-state index contributed by atoms with van der Waals surface area (Å²) in [5.74, 6) is 1.13. The average Bonchev–Trinajstić information content (AvgIpc) is 1.99. The van der Waals surface area contributed by atoms with Crippen molar-refractivity contribution in [1.29, 1.82) is 0 Å². The van der Waals surface area contributed by atoms with Crippen LogP contribution in [0, 0.1) is 11.8 Å². The molecular weight excluding hydrogens is 182 g/mol. The summed E-state index contributed by atoms with van der Waals surface area (Å²) in [6.45, 7) is 4.88. The molecule has 1 aliphatic carbocycles. The molecule has 0 aliphatic heterocycles. The summed E-state index contributed by atoms with van der Waals surface area (Å²) in [5.41, 5.74) is 0. The molecule has 13 heavy (non-hydrogen) atoms. The van der Waals surface area contributed by atoms with Gasteiger partial charge >= 0.3 is 0 Å². The molecule has 1 N–H and O–H groups in total. The average molecular weight is 201 g/mol. The van der Waals surface area contributed by atoms with E-state index in [9.17, 15) is 4.79 Å². The number of hydrogen-bond donors (Lipinski definition) is 2. The van der Waals surface area contributed by atoms with Crippen LogP contribution in [0.1, 0.15) is 33.1 Å². The fourth-order valence-electron chi connectivity index (χ4n) is 1.35. The Morgan fingerprint density at radius 3 is 2.54 bits per heavy atom. The topological polar surface area (TPSA) is 29.1 Å². The van der Waals surface area contributed by atoms with Gasteiger partial charge in [0, 0.05) is 6.54 Å². The summed E-state index contributed by atoms with van der Waals surface area (Å²) in [4.78, 5) is 11.4. The summed E-state index contributed by atoms with van der Waals surface area (Å²) in [6, 6.07) is 0. The van der Waals surface area contributed by atoms with E-state index in [0.29, 0.717) is 5.92 Å². The number of carbonyl (C=O) groups excluding carboxylic acids is 1. The second-order valence-corrected chi connectivity index (χ2v) is 4.79. The summed E-state index contributed by atoms with van der Waals surface area (Å²) >= 11 is 4.26. The second-order valence-electron chi connectivity index (χ2n) is 4.23. The zero-order valence-electron chi connectivity index (χ0n) is 8.42. The largest absolute Gasteiger partial charge is 0.355 e. The van der Waals surface area contributed by atoms with Gasteiger partial charge in [-0.15, -0.1) is 0 Å². The van der Waals surface area contributed by atoms with Gasteiger partial charge in [-0.25, -0.2) is 0 Å². The van der Waals surface area contributed by atoms with Crippen molar-refractivity contribution in [3.63, 3.8) is 0 Å². The molecule has 1 unspecified atom stereocenters. The van der Waals surface area contributed by atoms with Crippen molar-refractivity contribution in [3.05, 3.63) is 0 Å². The highest BCUT2D eigenvalue weighted by Crippen LogP contribution is 2.25. The van der Waals surface area contributed by atoms with Crippen molar-refractivity contribution in [3.8, 4) is 0 Å². The third kappa shape index (κ3) is 3.22. The molecule has 1 amide bonds. The summed E-state index contributed by atoms with van der Waals surface area (Å²) in [6.07, 6.45) is 3.88. The number of carbonyl (C=O) groups is 1. The molecule has 0 heterocycles. The Balaban J connectivity index is 2.16. The van der Waals surface area contributed by atoms with E-state index < -0.39 is 0 Å². The van der Waals surface area contributed by atoms with Gasteiger partial charge in [-0.1, -0.05) is 20.3 Å². The van der Waals surface area contributed by atoms with Gasteiger partial charge in [0.25, 0.3) is 0 Å². The standard InChI is InChI=1S/C10H19NOS/c1-7(2)9(13)10(12)11-6-8-4-3-5-8/h7-9,13H,3-6H2,1-2H3,(H,11,12). The van der Waals surface area contributed by atoms with E-state index in [2.05, 4.69) is 17.9 Å². The molecular formula is C10H19NOS. The quantitative estimate of drug-likeness (QED) is 0.668. The normalized spacial score (nSPS) is 19.7. The molecule has 0 aromatic carbocycles. The van der Waals surface area contributed by atoms with E-state index in [4.69, 9.17) is 0 Å². The van der Waals surface area contributed by atoms with Crippen LogP contribution >= 0.6 is 12.6 Å². The van der Waals surface area contributed by atoms with Gasteiger partial charge in [-0.2, -0.15) is 12.6 Å². The molecule has 0 aromatic rings. The Bertz CT molecular complexity index is 178. The first-order chi connectivity index (χ1) is 6.11. The fraction of sp³-hybridized carbons (Fsp3) is 0.900. The van der Waals surface area contributed by atoms with Crippen LogP contribution < -0.4 is 5.32 Å². The molecule has 0 bridgehead atoms. The fourth-order valence-corrected chi connectivity index (χ4v) is 1.44. The van der Waals surface area contributed by atoms with E-state index in [1.165, 1.54) is 19.3 Å². The zero-order chi connectivity index (χ0) is 9.84. The van der Waals surface area contributed by atoms with Gasteiger partial charge in [0.15, 0.2) is 0 Å². The van der Waals surface area contributed by atoms with Gasteiger partial charge in [-0.05, 0) is 24.7 Å². The molecule has 1 atom stereocenters. The number of nitrogens with one attached hydrogen (secondary N) is 1. The van der Waals surface area contributed by atoms with Crippen molar-refractivity contribution in [2.45, 2.75) is 38.4 Å². The smallest absolute Gasteiger partial charge is 0.233 e. The van der Waals surface area contributed by atoms with Crippen molar-refractivity contribution >= 4 is 18.5 Å². The van der Waals surface area contributed by atoms with Gasteiger partial charge in [0.05, 0.1) is 5.25 Å². The monoisotopic (exact) mass is 201 g/mol. The molecule has 2 nitrogen and oxygen atoms in total. The van der Waals surface area contributed by atoms with E-state index in [0.717, 1.165) is 12.5 Å². The molecule has 3 heteroatoms. The predicted molar refractivity (Wildman–Crippen MR) is 58.0 cm³/mol. The Morgan fingerprint density at radius 2 is 2.15 bits per heavy atom. The highest BCUT2D eigenvalue weighted by Gasteiger charge is 2.21. The minimum Gasteiger partial charge on any atom is -0.355 e. The van der Waals surface area contributed by atoms with Crippen LogP contribution in [0.3, 0.4) is 0 Å². The van der Waals surface area contributed by atoms with Crippen molar-refractivity contribution in [1.82, 2.24) is 5.32 Å². The lowest BCUT2D eigenvalue weighted by Crippen LogP contribution is -2.38. The number of hydrogen-bond acceptors (Lipinski definition) is 2. The first-order valence-corrected chi connectivity index (χ1v) is 5.58. The van der Waals surface area contributed by atoms with E-state index >= 15 is 0 Å². The van der Waals surface area contributed by atoms with Crippen molar-refractivity contribution in [2.75, 3.05) is 6.54 Å². The molecule has 1 fully saturated rings. The Hall–Kier alpha value is -0.180. The van der Waals surface area contributed by atoms with E-state index in [1.807, 2.05) is 13.8 Å². The molecule has 1 aliphatic rings. The van der Waals surface area contributed by atoms with Gasteiger partial charge < -0.3 is 5.32 Å². The molecule has 0 saturated heterocycles.